The number of rotatable bonds is 8. The molecule has 0 radical (unpaired) electrons. The fourth-order valence-electron chi connectivity index (χ4n) is 1.62. The molecule has 0 fully saturated rings. The zero-order valence-corrected chi connectivity index (χ0v) is 11.3. The van der Waals surface area contributed by atoms with E-state index in [4.69, 9.17) is 0 Å². The lowest BCUT2D eigenvalue weighted by Gasteiger charge is -2.03. The van der Waals surface area contributed by atoms with Gasteiger partial charge >= 0.3 is 0 Å². The molecule has 0 aliphatic rings. The number of thioether (sulfide) groups is 1. The Morgan fingerprint density at radius 2 is 2.12 bits per heavy atom. The maximum atomic E-state index is 3.36. The Kier molecular flexibility index (Phi) is 7.35. The summed E-state index contributed by atoms with van der Waals surface area (Å²) >= 11 is 2.05. The smallest absolute Gasteiger partial charge is 0.0184 e. The molecular weight excluding hydrogens is 214 g/mol. The highest BCUT2D eigenvalue weighted by atomic mass is 32.2. The molecule has 0 amide bonds. The van der Waals surface area contributed by atoms with Crippen LogP contribution in [0.1, 0.15) is 30.9 Å². The molecule has 2 heteroatoms. The van der Waals surface area contributed by atoms with Gasteiger partial charge < -0.3 is 5.32 Å². The van der Waals surface area contributed by atoms with Crippen molar-refractivity contribution in [2.75, 3.05) is 18.8 Å². The summed E-state index contributed by atoms with van der Waals surface area (Å²) in [6.07, 6.45) is 2.62. The minimum absolute atomic E-state index is 1.09. The van der Waals surface area contributed by atoms with Crippen LogP contribution in [-0.2, 0) is 5.75 Å². The van der Waals surface area contributed by atoms with Gasteiger partial charge in [0.15, 0.2) is 0 Å². The summed E-state index contributed by atoms with van der Waals surface area (Å²) < 4.78 is 0. The minimum Gasteiger partial charge on any atom is -0.317 e. The average Bonchev–Trinajstić information content (AvgIpc) is 2.28. The molecule has 0 saturated carbocycles. The number of unbranched alkanes of at least 4 members (excludes halogenated alkanes) is 1. The first-order valence-corrected chi connectivity index (χ1v) is 7.32. The van der Waals surface area contributed by atoms with Crippen molar-refractivity contribution < 1.29 is 0 Å². The summed E-state index contributed by atoms with van der Waals surface area (Å²) in [6, 6.07) is 8.81. The number of benzene rings is 1. The van der Waals surface area contributed by atoms with Crippen molar-refractivity contribution in [3.63, 3.8) is 0 Å². The molecule has 0 aliphatic carbocycles. The first-order chi connectivity index (χ1) is 7.83. The van der Waals surface area contributed by atoms with Crippen molar-refractivity contribution in [1.82, 2.24) is 5.32 Å². The van der Waals surface area contributed by atoms with E-state index in [1.54, 1.807) is 0 Å². The highest BCUT2D eigenvalue weighted by Crippen LogP contribution is 2.14. The van der Waals surface area contributed by atoms with Gasteiger partial charge in [-0.25, -0.2) is 0 Å². The molecule has 0 unspecified atom stereocenters. The van der Waals surface area contributed by atoms with E-state index < -0.39 is 0 Å². The molecule has 16 heavy (non-hydrogen) atoms. The molecule has 90 valence electrons. The second-order valence-electron chi connectivity index (χ2n) is 4.10. The van der Waals surface area contributed by atoms with Crippen molar-refractivity contribution in [3.05, 3.63) is 35.4 Å². The standard InChI is InChI=1S/C14H23NS/c1-3-15-9-4-5-10-16-12-14-8-6-7-13(2)11-14/h6-8,11,15H,3-5,9-10,12H2,1-2H3. The average molecular weight is 237 g/mol. The fourth-order valence-corrected chi connectivity index (χ4v) is 2.59. The molecule has 0 aliphatic heterocycles. The molecule has 0 aromatic heterocycles. The van der Waals surface area contributed by atoms with E-state index in [1.807, 2.05) is 11.8 Å². The van der Waals surface area contributed by atoms with Crippen LogP contribution in [0.4, 0.5) is 0 Å². The van der Waals surface area contributed by atoms with E-state index in [2.05, 4.69) is 43.4 Å². The Hall–Kier alpha value is -0.470. The second kappa shape index (κ2) is 8.66. The number of hydrogen-bond acceptors (Lipinski definition) is 2. The van der Waals surface area contributed by atoms with Crippen LogP contribution in [0, 0.1) is 6.92 Å². The lowest BCUT2D eigenvalue weighted by Crippen LogP contribution is -2.13. The molecule has 0 atom stereocenters. The molecular formula is C14H23NS. The Balaban J connectivity index is 2.03. The molecule has 1 N–H and O–H groups in total. The normalized spacial score (nSPS) is 10.6. The van der Waals surface area contributed by atoms with Crippen LogP contribution >= 0.6 is 11.8 Å². The zero-order chi connectivity index (χ0) is 11.6. The maximum Gasteiger partial charge on any atom is 0.0184 e. The van der Waals surface area contributed by atoms with Crippen molar-refractivity contribution in [2.45, 2.75) is 32.4 Å². The lowest BCUT2D eigenvalue weighted by atomic mass is 10.2. The summed E-state index contributed by atoms with van der Waals surface area (Å²) in [6.45, 7) is 6.58. The molecule has 1 rings (SSSR count). The third-order valence-electron chi connectivity index (χ3n) is 2.49. The SMILES string of the molecule is CCNCCCCSCc1cccc(C)c1. The Morgan fingerprint density at radius 3 is 2.88 bits per heavy atom. The van der Waals surface area contributed by atoms with E-state index in [-0.39, 0.29) is 0 Å². The third-order valence-corrected chi connectivity index (χ3v) is 3.61. The predicted molar refractivity (Wildman–Crippen MR) is 75.1 cm³/mol. The zero-order valence-electron chi connectivity index (χ0n) is 10.5. The molecule has 1 aromatic carbocycles. The van der Waals surface area contributed by atoms with Crippen LogP contribution in [0.2, 0.25) is 0 Å². The number of hydrogen-bond donors (Lipinski definition) is 1. The van der Waals surface area contributed by atoms with Crippen LogP contribution in [0.3, 0.4) is 0 Å². The molecule has 1 nitrogen and oxygen atoms in total. The highest BCUT2D eigenvalue weighted by Gasteiger charge is 1.94. The van der Waals surface area contributed by atoms with Crippen LogP contribution in [-0.4, -0.2) is 18.8 Å². The molecule has 0 bridgehead atoms. The van der Waals surface area contributed by atoms with E-state index in [1.165, 1.54) is 36.3 Å². The Morgan fingerprint density at radius 1 is 1.25 bits per heavy atom. The largest absolute Gasteiger partial charge is 0.317 e. The van der Waals surface area contributed by atoms with Crippen molar-refractivity contribution in [3.8, 4) is 0 Å². The summed E-state index contributed by atoms with van der Waals surface area (Å²) in [5.41, 5.74) is 2.82. The third kappa shape index (κ3) is 6.19. The van der Waals surface area contributed by atoms with Gasteiger partial charge in [-0.2, -0.15) is 11.8 Å². The first kappa shape index (κ1) is 13.6. The van der Waals surface area contributed by atoms with Crippen molar-refractivity contribution in [2.24, 2.45) is 0 Å². The summed E-state index contributed by atoms with van der Waals surface area (Å²) in [5.74, 6) is 2.43. The van der Waals surface area contributed by atoms with Crippen LogP contribution in [0.25, 0.3) is 0 Å². The molecule has 0 heterocycles. The topological polar surface area (TPSA) is 12.0 Å². The van der Waals surface area contributed by atoms with Crippen LogP contribution in [0.5, 0.6) is 0 Å². The van der Waals surface area contributed by atoms with Crippen molar-refractivity contribution in [1.29, 1.82) is 0 Å². The van der Waals surface area contributed by atoms with E-state index in [9.17, 15) is 0 Å². The van der Waals surface area contributed by atoms with Gasteiger partial charge in [0.05, 0.1) is 0 Å². The Bertz CT molecular complexity index is 286. The van der Waals surface area contributed by atoms with Gasteiger partial charge in [-0.05, 0) is 44.2 Å². The predicted octanol–water partition coefficient (Wildman–Crippen LogP) is 3.62. The summed E-state index contributed by atoms with van der Waals surface area (Å²) in [7, 11) is 0. The van der Waals surface area contributed by atoms with Crippen LogP contribution < -0.4 is 5.32 Å². The van der Waals surface area contributed by atoms with Gasteiger partial charge in [-0.3, -0.25) is 0 Å². The second-order valence-corrected chi connectivity index (χ2v) is 5.21. The number of aryl methyl sites for hydroxylation is 1. The molecule has 1 aromatic rings. The molecule has 0 saturated heterocycles. The van der Waals surface area contributed by atoms with Gasteiger partial charge in [0, 0.05) is 5.75 Å². The summed E-state index contributed by atoms with van der Waals surface area (Å²) in [4.78, 5) is 0. The highest BCUT2D eigenvalue weighted by molar-refractivity contribution is 7.98. The van der Waals surface area contributed by atoms with Gasteiger partial charge in [0.25, 0.3) is 0 Å². The van der Waals surface area contributed by atoms with E-state index in [0.29, 0.717) is 0 Å². The van der Waals surface area contributed by atoms with Crippen molar-refractivity contribution >= 4 is 11.8 Å². The lowest BCUT2D eigenvalue weighted by molar-refractivity contribution is 0.666. The first-order valence-electron chi connectivity index (χ1n) is 6.17. The van der Waals surface area contributed by atoms with Gasteiger partial charge in [-0.15, -0.1) is 0 Å². The van der Waals surface area contributed by atoms with Crippen LogP contribution in [0.15, 0.2) is 24.3 Å². The number of nitrogens with one attached hydrogen (secondary N) is 1. The molecule has 0 spiro atoms. The van der Waals surface area contributed by atoms with E-state index >= 15 is 0 Å². The van der Waals surface area contributed by atoms with Gasteiger partial charge in [0.2, 0.25) is 0 Å². The van der Waals surface area contributed by atoms with E-state index in [0.717, 1.165) is 12.3 Å². The summed E-state index contributed by atoms with van der Waals surface area (Å²) in [5, 5.41) is 3.36. The minimum atomic E-state index is 1.09. The van der Waals surface area contributed by atoms with Gasteiger partial charge in [-0.1, -0.05) is 36.8 Å². The fraction of sp³-hybridized carbons (Fsp3) is 0.571. The van der Waals surface area contributed by atoms with Gasteiger partial charge in [0.1, 0.15) is 0 Å². The maximum absolute atomic E-state index is 3.36. The Labute approximate surface area is 104 Å². The quantitative estimate of drug-likeness (QED) is 0.693. The monoisotopic (exact) mass is 237 g/mol.